The number of hydrogen-bond donors (Lipinski definition) is 11. The van der Waals surface area contributed by atoms with E-state index in [4.69, 9.17) is 33.9 Å². The molecule has 70 heavy (non-hydrogen) atoms. The summed E-state index contributed by atoms with van der Waals surface area (Å²) in [6.07, 6.45) is 2.90. The Balaban J connectivity index is 1.44. The number of nitrogens with one attached hydrogen (secondary N) is 9. The number of unbranched alkanes of at least 4 members (excludes halogenated alkanes) is 1. The van der Waals surface area contributed by atoms with E-state index in [1.54, 1.807) is 0 Å². The molecule has 0 aliphatic carbocycles. The molecule has 27 heteroatoms. The Hall–Kier alpha value is -5.35. The zero-order valence-electron chi connectivity index (χ0n) is 39.7. The minimum Gasteiger partial charge on any atom is -0.481 e. The van der Waals surface area contributed by atoms with E-state index in [1.165, 1.54) is 0 Å². The third-order valence-electron chi connectivity index (χ3n) is 10.2. The summed E-state index contributed by atoms with van der Waals surface area (Å²) in [5.41, 5.74) is 0. The normalized spacial score (nSPS) is 16.2. The first kappa shape index (κ1) is 60.8. The summed E-state index contributed by atoms with van der Waals surface area (Å²) < 4.78 is 27.2. The fraction of sp³-hybridized carbons (Fsp3) is 0.767. The van der Waals surface area contributed by atoms with Crippen LogP contribution < -0.4 is 47.9 Å². The Labute approximate surface area is 411 Å². The third kappa shape index (κ3) is 31.7. The number of carbonyl (C=O) groups excluding carboxylic acids is 8. The molecule has 398 valence electrons. The van der Waals surface area contributed by atoms with E-state index in [-0.39, 0.29) is 101 Å². The van der Waals surface area contributed by atoms with Gasteiger partial charge in [-0.15, -0.1) is 0 Å². The number of carboxylic acids is 2. The van der Waals surface area contributed by atoms with Crippen molar-refractivity contribution >= 4 is 71.1 Å². The molecule has 4 atom stereocenters. The fourth-order valence-corrected chi connectivity index (χ4v) is 8.10. The summed E-state index contributed by atoms with van der Waals surface area (Å²) in [6.45, 7) is 3.21. The summed E-state index contributed by atoms with van der Waals surface area (Å²) in [7, 11) is 0. The Morgan fingerprint density at radius 3 is 1.53 bits per heavy atom. The summed E-state index contributed by atoms with van der Waals surface area (Å²) in [5, 5.41) is 41.5. The molecular weight excluding hydrogens is 947 g/mol. The van der Waals surface area contributed by atoms with Gasteiger partial charge >= 0.3 is 18.0 Å². The van der Waals surface area contributed by atoms with E-state index in [2.05, 4.69) is 47.9 Å². The van der Waals surface area contributed by atoms with Crippen LogP contribution in [-0.4, -0.2) is 204 Å². The van der Waals surface area contributed by atoms with Gasteiger partial charge < -0.3 is 81.7 Å². The van der Waals surface area contributed by atoms with Crippen molar-refractivity contribution in [3.8, 4) is 0 Å². The molecule has 2 rings (SSSR count). The van der Waals surface area contributed by atoms with E-state index in [0.29, 0.717) is 83.9 Å². The van der Waals surface area contributed by atoms with Crippen LogP contribution in [-0.2, 0) is 66.8 Å². The van der Waals surface area contributed by atoms with E-state index in [9.17, 15) is 47.9 Å². The largest absolute Gasteiger partial charge is 0.481 e. The molecule has 0 aromatic heterocycles. The predicted molar refractivity (Wildman–Crippen MR) is 250 cm³/mol. The van der Waals surface area contributed by atoms with E-state index >= 15 is 0 Å². The summed E-state index contributed by atoms with van der Waals surface area (Å²) in [6, 6.07) is -1.11. The Kier molecular flexibility index (Phi) is 33.3. The molecule has 2 aliphatic heterocycles. The highest BCUT2D eigenvalue weighted by Crippen LogP contribution is 2.33. The molecule has 0 bridgehead atoms. The average molecular weight is 1020 g/mol. The molecule has 0 aromatic rings. The third-order valence-corrected chi connectivity index (χ3v) is 11.7. The zero-order valence-corrected chi connectivity index (χ0v) is 40.6. The maximum atomic E-state index is 12.6. The van der Waals surface area contributed by atoms with Crippen LogP contribution in [0.3, 0.4) is 0 Å². The lowest BCUT2D eigenvalue weighted by Crippen LogP contribution is -2.53. The quantitative estimate of drug-likeness (QED) is 0.0218. The first-order valence-electron chi connectivity index (χ1n) is 23.6. The van der Waals surface area contributed by atoms with Gasteiger partial charge in [-0.05, 0) is 25.7 Å². The van der Waals surface area contributed by atoms with Crippen LogP contribution >= 0.6 is 11.8 Å². The molecule has 2 saturated heterocycles. The molecule has 0 saturated carbocycles. The molecule has 0 unspecified atom stereocenters. The van der Waals surface area contributed by atoms with Crippen LogP contribution in [0.1, 0.15) is 77.0 Å². The lowest BCUT2D eigenvalue weighted by atomic mass is 10.0. The van der Waals surface area contributed by atoms with Gasteiger partial charge in [0.2, 0.25) is 41.4 Å². The minimum atomic E-state index is -1.36. The summed E-state index contributed by atoms with van der Waals surface area (Å²) >= 11 is 1.85. The first-order valence-corrected chi connectivity index (χ1v) is 24.7. The van der Waals surface area contributed by atoms with Gasteiger partial charge in [0.15, 0.2) is 0 Å². The maximum Gasteiger partial charge on any atom is 0.322 e. The van der Waals surface area contributed by atoms with Crippen LogP contribution in [0.5, 0.6) is 0 Å². The van der Waals surface area contributed by atoms with Crippen LogP contribution in [0.2, 0.25) is 0 Å². The number of ether oxygens (including phenoxy) is 5. The average Bonchev–Trinajstić information content (AvgIpc) is 3.89. The van der Waals surface area contributed by atoms with Gasteiger partial charge in [-0.1, -0.05) is 6.42 Å². The van der Waals surface area contributed by atoms with Crippen molar-refractivity contribution in [1.82, 2.24) is 47.9 Å². The first-order chi connectivity index (χ1) is 33.7. The molecule has 2 heterocycles. The van der Waals surface area contributed by atoms with Crippen molar-refractivity contribution in [3.63, 3.8) is 0 Å². The lowest BCUT2D eigenvalue weighted by molar-refractivity contribution is -0.139. The number of fused-ring (bicyclic) bond motifs is 1. The number of rotatable bonds is 43. The Morgan fingerprint density at radius 1 is 0.514 bits per heavy atom. The fourth-order valence-electron chi connectivity index (χ4n) is 6.56. The van der Waals surface area contributed by atoms with E-state index < -0.39 is 60.6 Å². The molecule has 2 aliphatic rings. The summed E-state index contributed by atoms with van der Waals surface area (Å²) in [4.78, 5) is 119. The number of amides is 9. The Bertz CT molecular complexity index is 1650. The standard InChI is InChI=1S/C43H73N9O17S/c53-33(6-2-1-5-32-41-31(29-70-32)51-43(64)52-41)46-15-19-67-23-24-68-20-16-47-35(55)7-8-37(57)48-27-30(42(63)49-28-40(61)62)50-38(58)10-9-34(54)44-13-3-17-65-21-25-69-26-22-66-18-4-14-45-36(56)11-12-39(59)60/h30-32,41H,1-29H2,(H,44,54)(H,45,56)(H,46,53)(H,47,55)(H,48,57)(H,49,63)(H,50,58)(H,59,60)(H,61,62)(H2,51,52,64)/t30-,31-,32-,41-/m0/s1. The zero-order chi connectivity index (χ0) is 51.2. The maximum absolute atomic E-state index is 12.6. The summed E-state index contributed by atoms with van der Waals surface area (Å²) in [5.74, 6) is -4.84. The van der Waals surface area contributed by atoms with Gasteiger partial charge in [-0.25, -0.2) is 4.79 Å². The second kappa shape index (κ2) is 38.4. The van der Waals surface area contributed by atoms with Gasteiger partial charge in [0.1, 0.15) is 12.6 Å². The molecule has 9 amide bonds. The van der Waals surface area contributed by atoms with Gasteiger partial charge in [0, 0.05) is 95.5 Å². The van der Waals surface area contributed by atoms with Crippen molar-refractivity contribution < 1.29 is 81.8 Å². The molecule has 0 aromatic carbocycles. The van der Waals surface area contributed by atoms with Crippen molar-refractivity contribution in [2.45, 2.75) is 100 Å². The second-order valence-electron chi connectivity index (χ2n) is 16.0. The highest BCUT2D eigenvalue weighted by atomic mass is 32.2. The molecule has 2 fully saturated rings. The van der Waals surface area contributed by atoms with Crippen LogP contribution in [0.25, 0.3) is 0 Å². The monoisotopic (exact) mass is 1020 g/mol. The number of hydrogen-bond acceptors (Lipinski definition) is 16. The van der Waals surface area contributed by atoms with Gasteiger partial charge in [-0.3, -0.25) is 43.2 Å². The smallest absolute Gasteiger partial charge is 0.322 e. The molecule has 26 nitrogen and oxygen atoms in total. The second-order valence-corrected chi connectivity index (χ2v) is 17.2. The van der Waals surface area contributed by atoms with E-state index in [1.807, 2.05) is 11.8 Å². The number of carboxylic acid groups (broad SMARTS) is 2. The predicted octanol–water partition coefficient (Wildman–Crippen LogP) is -2.73. The number of thioether (sulfide) groups is 1. The number of carbonyl (C=O) groups is 10. The van der Waals surface area contributed by atoms with Crippen LogP contribution in [0, 0.1) is 0 Å². The highest BCUT2D eigenvalue weighted by Gasteiger charge is 2.42. The molecule has 0 spiro atoms. The van der Waals surface area contributed by atoms with Crippen LogP contribution in [0.15, 0.2) is 0 Å². The van der Waals surface area contributed by atoms with E-state index in [0.717, 1.165) is 25.0 Å². The lowest BCUT2D eigenvalue weighted by Gasteiger charge is -2.18. The number of aliphatic carboxylic acids is 2. The Morgan fingerprint density at radius 2 is 0.986 bits per heavy atom. The van der Waals surface area contributed by atoms with Gasteiger partial charge in [0.25, 0.3) is 0 Å². The van der Waals surface area contributed by atoms with Crippen molar-refractivity contribution in [1.29, 1.82) is 0 Å². The number of urea groups is 1. The molecule has 0 radical (unpaired) electrons. The minimum absolute atomic E-state index is 0.0449. The van der Waals surface area contributed by atoms with Gasteiger partial charge in [0.05, 0.1) is 71.4 Å². The highest BCUT2D eigenvalue weighted by molar-refractivity contribution is 8.00. The SMILES string of the molecule is O=C(O)CCC(=O)NCCCOCCOCCOCCCNC(=O)CCC(=O)N[C@@H](CNC(=O)CCC(=O)NCCOCCOCCNC(=O)CCCC[C@@H]1SC[C@@H]2NC(=O)N[C@@H]21)C(=O)NCC(=O)O. The van der Waals surface area contributed by atoms with Crippen molar-refractivity contribution in [2.75, 3.05) is 111 Å². The molecular formula is C43H73N9O17S. The van der Waals surface area contributed by atoms with Crippen LogP contribution in [0.4, 0.5) is 4.79 Å². The topological polar surface area (TPSA) is 366 Å². The van der Waals surface area contributed by atoms with Crippen molar-refractivity contribution in [2.24, 2.45) is 0 Å². The van der Waals surface area contributed by atoms with Gasteiger partial charge in [-0.2, -0.15) is 11.8 Å². The molecule has 11 N–H and O–H groups in total. The van der Waals surface area contributed by atoms with Crippen molar-refractivity contribution in [3.05, 3.63) is 0 Å².